The van der Waals surface area contributed by atoms with Gasteiger partial charge in [-0.05, 0) is 38.7 Å². The van der Waals surface area contributed by atoms with E-state index in [0.29, 0.717) is 35.7 Å². The summed E-state index contributed by atoms with van der Waals surface area (Å²) in [5.41, 5.74) is 5.56. The minimum absolute atomic E-state index is 0.150. The number of hydrogen-bond acceptors (Lipinski definition) is 6. The third-order valence-electron chi connectivity index (χ3n) is 4.14. The van der Waals surface area contributed by atoms with Crippen LogP contribution in [0.15, 0.2) is 36.7 Å². The number of likely N-dealkylation sites (tertiary alicyclic amines) is 1. The van der Waals surface area contributed by atoms with Crippen LogP contribution in [0, 0.1) is 0 Å². The number of carbonyl (C=O) groups excluding carboxylic acids is 1. The zero-order chi connectivity index (χ0) is 17.8. The predicted octanol–water partition coefficient (Wildman–Crippen LogP) is 2.02. The van der Waals surface area contributed by atoms with Gasteiger partial charge in [-0.25, -0.2) is 14.8 Å². The Labute approximate surface area is 146 Å². The van der Waals surface area contributed by atoms with E-state index in [1.807, 2.05) is 14.1 Å². The lowest BCUT2D eigenvalue weighted by atomic mass is 10.2. The van der Waals surface area contributed by atoms with E-state index in [2.05, 4.69) is 20.2 Å². The zero-order valence-corrected chi connectivity index (χ0v) is 14.3. The maximum atomic E-state index is 12.4. The van der Waals surface area contributed by atoms with Crippen LogP contribution >= 0.6 is 0 Å². The number of amides is 2. The van der Waals surface area contributed by atoms with E-state index in [9.17, 15) is 4.79 Å². The highest BCUT2D eigenvalue weighted by Crippen LogP contribution is 2.23. The van der Waals surface area contributed by atoms with Gasteiger partial charge in [-0.3, -0.25) is 5.32 Å². The van der Waals surface area contributed by atoms with Crippen molar-refractivity contribution < 1.29 is 9.53 Å². The van der Waals surface area contributed by atoms with Crippen molar-refractivity contribution in [2.75, 3.05) is 38.2 Å². The third-order valence-corrected chi connectivity index (χ3v) is 4.14. The number of ether oxygens (including phenoxy) is 1. The van der Waals surface area contributed by atoms with Gasteiger partial charge in [0.1, 0.15) is 23.1 Å². The molecule has 0 saturated carbocycles. The molecule has 1 aliphatic rings. The molecule has 0 radical (unpaired) electrons. The van der Waals surface area contributed by atoms with E-state index in [-0.39, 0.29) is 6.03 Å². The highest BCUT2D eigenvalue weighted by atomic mass is 16.5. The molecule has 132 valence electrons. The Kier molecular flexibility index (Phi) is 4.99. The summed E-state index contributed by atoms with van der Waals surface area (Å²) in [4.78, 5) is 24.5. The summed E-state index contributed by atoms with van der Waals surface area (Å²) in [5, 5.41) is 2.82. The Bertz CT molecular complexity index is 734. The summed E-state index contributed by atoms with van der Waals surface area (Å²) in [7, 11) is 4.06. The first-order valence-corrected chi connectivity index (χ1v) is 8.09. The first kappa shape index (κ1) is 17.0. The van der Waals surface area contributed by atoms with Gasteiger partial charge < -0.3 is 20.3 Å². The highest BCUT2D eigenvalue weighted by molar-refractivity contribution is 5.88. The van der Waals surface area contributed by atoms with Gasteiger partial charge in [-0.2, -0.15) is 0 Å². The smallest absolute Gasteiger partial charge is 0.323 e. The summed E-state index contributed by atoms with van der Waals surface area (Å²) < 4.78 is 5.70. The van der Waals surface area contributed by atoms with Crippen LogP contribution in [0.25, 0.3) is 0 Å². The van der Waals surface area contributed by atoms with E-state index >= 15 is 0 Å². The average molecular weight is 342 g/mol. The van der Waals surface area contributed by atoms with Gasteiger partial charge in [0, 0.05) is 31.4 Å². The monoisotopic (exact) mass is 342 g/mol. The van der Waals surface area contributed by atoms with Crippen molar-refractivity contribution in [3.63, 3.8) is 0 Å². The molecule has 1 atom stereocenters. The van der Waals surface area contributed by atoms with Gasteiger partial charge in [-0.15, -0.1) is 0 Å². The quantitative estimate of drug-likeness (QED) is 0.882. The van der Waals surface area contributed by atoms with Gasteiger partial charge in [0.2, 0.25) is 0 Å². The van der Waals surface area contributed by atoms with Crippen LogP contribution in [0.4, 0.5) is 16.4 Å². The van der Waals surface area contributed by atoms with Crippen molar-refractivity contribution in [2.45, 2.75) is 12.5 Å². The standard InChI is InChI=1S/C17H22N6O2/c1-22(2)12-6-8-23(11-12)17(24)21-16-9-13(5-7-19-16)25-14-3-4-15(18)20-10-14/h3-5,7,9-10,12H,6,8,11H2,1-2H3,(H2,18,20)(H,19,21,24)/t12-/m1/s1. The van der Waals surface area contributed by atoms with E-state index < -0.39 is 0 Å². The molecule has 1 fully saturated rings. The summed E-state index contributed by atoms with van der Waals surface area (Å²) in [6, 6.07) is 7.02. The fourth-order valence-corrected chi connectivity index (χ4v) is 2.67. The second-order valence-electron chi connectivity index (χ2n) is 6.18. The van der Waals surface area contributed by atoms with Crippen molar-refractivity contribution in [2.24, 2.45) is 0 Å². The lowest BCUT2D eigenvalue weighted by Crippen LogP contribution is -2.36. The van der Waals surface area contributed by atoms with Crippen LogP contribution < -0.4 is 15.8 Å². The normalized spacial score (nSPS) is 16.9. The number of nitrogens with two attached hydrogens (primary N) is 1. The summed E-state index contributed by atoms with van der Waals surface area (Å²) in [6.07, 6.45) is 4.10. The maximum absolute atomic E-state index is 12.4. The van der Waals surface area contributed by atoms with E-state index in [4.69, 9.17) is 10.5 Å². The van der Waals surface area contributed by atoms with Crippen LogP contribution in [0.5, 0.6) is 11.5 Å². The number of anilines is 2. The molecule has 1 saturated heterocycles. The molecule has 0 unspecified atom stereocenters. The topological polar surface area (TPSA) is 96.6 Å². The van der Waals surface area contributed by atoms with Crippen LogP contribution in [0.2, 0.25) is 0 Å². The van der Waals surface area contributed by atoms with Crippen LogP contribution in [-0.4, -0.2) is 59.0 Å². The molecule has 8 heteroatoms. The lowest BCUT2D eigenvalue weighted by Gasteiger charge is -2.20. The van der Waals surface area contributed by atoms with Crippen molar-refractivity contribution in [1.82, 2.24) is 19.8 Å². The van der Waals surface area contributed by atoms with E-state index in [1.165, 1.54) is 0 Å². The summed E-state index contributed by atoms with van der Waals surface area (Å²) in [5.74, 6) is 1.99. The molecule has 2 amide bonds. The third kappa shape index (κ3) is 4.36. The molecule has 1 aliphatic heterocycles. The number of aromatic nitrogens is 2. The van der Waals surface area contributed by atoms with E-state index in [0.717, 1.165) is 13.0 Å². The second-order valence-corrected chi connectivity index (χ2v) is 6.18. The van der Waals surface area contributed by atoms with Gasteiger partial charge in [-0.1, -0.05) is 0 Å². The first-order valence-electron chi connectivity index (χ1n) is 8.09. The van der Waals surface area contributed by atoms with Gasteiger partial charge in [0.15, 0.2) is 0 Å². The number of likely N-dealkylation sites (N-methyl/N-ethyl adjacent to an activating group) is 1. The molecule has 25 heavy (non-hydrogen) atoms. The number of rotatable bonds is 4. The number of nitrogens with one attached hydrogen (secondary N) is 1. The van der Waals surface area contributed by atoms with Crippen molar-refractivity contribution in [3.8, 4) is 11.5 Å². The summed E-state index contributed by atoms with van der Waals surface area (Å²) >= 11 is 0. The highest BCUT2D eigenvalue weighted by Gasteiger charge is 2.27. The SMILES string of the molecule is CN(C)[C@@H]1CCN(C(=O)Nc2cc(Oc3ccc(N)nc3)ccn2)C1. The largest absolute Gasteiger partial charge is 0.456 e. The number of hydrogen-bond donors (Lipinski definition) is 2. The van der Waals surface area contributed by atoms with Crippen LogP contribution in [0.1, 0.15) is 6.42 Å². The molecule has 2 aromatic rings. The van der Waals surface area contributed by atoms with Crippen molar-refractivity contribution in [1.29, 1.82) is 0 Å². The summed E-state index contributed by atoms with van der Waals surface area (Å²) in [6.45, 7) is 1.45. The maximum Gasteiger partial charge on any atom is 0.323 e. The molecule has 0 aromatic carbocycles. The molecule has 3 heterocycles. The molecular formula is C17H22N6O2. The molecule has 2 aromatic heterocycles. The van der Waals surface area contributed by atoms with Crippen LogP contribution in [0.3, 0.4) is 0 Å². The zero-order valence-electron chi connectivity index (χ0n) is 14.3. The van der Waals surface area contributed by atoms with Crippen LogP contribution in [-0.2, 0) is 0 Å². The minimum Gasteiger partial charge on any atom is -0.456 e. The second kappa shape index (κ2) is 7.35. The molecule has 0 bridgehead atoms. The number of nitrogen functional groups attached to an aromatic ring is 1. The fourth-order valence-electron chi connectivity index (χ4n) is 2.67. The Morgan fingerprint density at radius 2 is 2.16 bits per heavy atom. The van der Waals surface area contributed by atoms with Gasteiger partial charge in [0.05, 0.1) is 6.20 Å². The Balaban J connectivity index is 1.61. The number of nitrogens with zero attached hydrogens (tertiary/aromatic N) is 4. The van der Waals surface area contributed by atoms with Crippen molar-refractivity contribution >= 4 is 17.7 Å². The molecule has 8 nitrogen and oxygen atoms in total. The molecule has 0 aliphatic carbocycles. The molecule has 3 N–H and O–H groups in total. The van der Waals surface area contributed by atoms with Gasteiger partial charge >= 0.3 is 6.03 Å². The average Bonchev–Trinajstić information content (AvgIpc) is 3.08. The Hall–Kier alpha value is -2.87. The molecular weight excluding hydrogens is 320 g/mol. The lowest BCUT2D eigenvalue weighted by molar-refractivity contribution is 0.216. The number of urea groups is 1. The predicted molar refractivity (Wildman–Crippen MR) is 95.6 cm³/mol. The Morgan fingerprint density at radius 1 is 1.32 bits per heavy atom. The van der Waals surface area contributed by atoms with Crippen molar-refractivity contribution in [3.05, 3.63) is 36.7 Å². The number of pyridine rings is 2. The van der Waals surface area contributed by atoms with Gasteiger partial charge in [0.25, 0.3) is 0 Å². The van der Waals surface area contributed by atoms with E-state index in [1.54, 1.807) is 41.6 Å². The molecule has 3 rings (SSSR count). The Morgan fingerprint density at radius 3 is 2.84 bits per heavy atom. The molecule has 0 spiro atoms. The minimum atomic E-state index is -0.150. The first-order chi connectivity index (χ1) is 12.0. The fraction of sp³-hybridized carbons (Fsp3) is 0.353. The number of carbonyl (C=O) groups is 1.